The first-order valence-corrected chi connectivity index (χ1v) is 9.15. The SMILES string of the molecule is CNc1cc([C@@H]2CCCNC2)nc(CN(C)Cc2ccccc2C)n1. The molecule has 1 saturated heterocycles. The van der Waals surface area contributed by atoms with Crippen LogP contribution in [0.1, 0.15) is 41.4 Å². The highest BCUT2D eigenvalue weighted by molar-refractivity contribution is 5.36. The molecule has 0 amide bonds. The number of anilines is 1. The molecule has 134 valence electrons. The van der Waals surface area contributed by atoms with Gasteiger partial charge in [-0.2, -0.15) is 0 Å². The number of benzene rings is 1. The lowest BCUT2D eigenvalue weighted by molar-refractivity contribution is 0.309. The Morgan fingerprint density at radius 2 is 2.08 bits per heavy atom. The maximum Gasteiger partial charge on any atom is 0.144 e. The van der Waals surface area contributed by atoms with E-state index < -0.39 is 0 Å². The van der Waals surface area contributed by atoms with Crippen molar-refractivity contribution in [1.82, 2.24) is 20.2 Å². The zero-order chi connectivity index (χ0) is 17.6. The Kier molecular flexibility index (Phi) is 6.00. The highest BCUT2D eigenvalue weighted by Crippen LogP contribution is 2.23. The fraction of sp³-hybridized carbons (Fsp3) is 0.500. The standard InChI is InChI=1S/C20H29N5/c1-15-7-4-5-8-17(15)13-25(3)14-20-23-18(11-19(21-2)24-20)16-9-6-10-22-12-16/h4-5,7-8,11,16,22H,6,9-10,12-14H2,1-3H3,(H,21,23,24)/t16-/m1/s1. The Hall–Kier alpha value is -1.98. The fourth-order valence-corrected chi connectivity index (χ4v) is 3.41. The van der Waals surface area contributed by atoms with Crippen molar-refractivity contribution in [2.24, 2.45) is 0 Å². The lowest BCUT2D eigenvalue weighted by Gasteiger charge is -2.23. The van der Waals surface area contributed by atoms with Crippen molar-refractivity contribution in [3.8, 4) is 0 Å². The van der Waals surface area contributed by atoms with Crippen molar-refractivity contribution < 1.29 is 0 Å². The van der Waals surface area contributed by atoms with Crippen LogP contribution in [0.4, 0.5) is 5.82 Å². The van der Waals surface area contributed by atoms with Gasteiger partial charge >= 0.3 is 0 Å². The van der Waals surface area contributed by atoms with E-state index >= 15 is 0 Å². The van der Waals surface area contributed by atoms with Crippen molar-refractivity contribution in [2.45, 2.75) is 38.8 Å². The zero-order valence-electron chi connectivity index (χ0n) is 15.5. The van der Waals surface area contributed by atoms with Crippen molar-refractivity contribution in [2.75, 3.05) is 32.5 Å². The molecule has 1 aromatic heterocycles. The molecule has 0 bridgehead atoms. The fourth-order valence-electron chi connectivity index (χ4n) is 3.41. The minimum Gasteiger partial charge on any atom is -0.373 e. The van der Waals surface area contributed by atoms with Crippen LogP contribution >= 0.6 is 0 Å². The van der Waals surface area contributed by atoms with Crippen LogP contribution in [0, 0.1) is 6.92 Å². The Morgan fingerprint density at radius 1 is 1.24 bits per heavy atom. The van der Waals surface area contributed by atoms with Crippen LogP contribution in [0.2, 0.25) is 0 Å². The van der Waals surface area contributed by atoms with Crippen LogP contribution in [0.25, 0.3) is 0 Å². The van der Waals surface area contributed by atoms with Gasteiger partial charge in [0, 0.05) is 32.1 Å². The molecular weight excluding hydrogens is 310 g/mol. The molecule has 5 nitrogen and oxygen atoms in total. The second-order valence-corrected chi connectivity index (χ2v) is 6.99. The summed E-state index contributed by atoms with van der Waals surface area (Å²) in [5, 5.41) is 6.67. The van der Waals surface area contributed by atoms with Gasteiger partial charge in [0.2, 0.25) is 0 Å². The van der Waals surface area contributed by atoms with Gasteiger partial charge in [0.15, 0.2) is 0 Å². The average Bonchev–Trinajstić information content (AvgIpc) is 2.64. The monoisotopic (exact) mass is 339 g/mol. The van der Waals surface area contributed by atoms with Gasteiger partial charge in [0.05, 0.1) is 12.2 Å². The predicted octanol–water partition coefficient (Wildman–Crippen LogP) is 2.93. The molecule has 25 heavy (non-hydrogen) atoms. The first kappa shape index (κ1) is 17.8. The summed E-state index contributed by atoms with van der Waals surface area (Å²) in [7, 11) is 4.05. The van der Waals surface area contributed by atoms with Crippen molar-refractivity contribution in [3.63, 3.8) is 0 Å². The molecule has 2 heterocycles. The Bertz CT molecular complexity index is 694. The van der Waals surface area contributed by atoms with E-state index in [1.165, 1.54) is 24.0 Å². The van der Waals surface area contributed by atoms with Gasteiger partial charge in [0.1, 0.15) is 11.6 Å². The summed E-state index contributed by atoms with van der Waals surface area (Å²) in [5.74, 6) is 2.29. The zero-order valence-corrected chi connectivity index (χ0v) is 15.5. The molecule has 1 aromatic carbocycles. The van der Waals surface area contributed by atoms with Crippen LogP contribution in [0.15, 0.2) is 30.3 Å². The van der Waals surface area contributed by atoms with Crippen LogP contribution in [-0.2, 0) is 13.1 Å². The van der Waals surface area contributed by atoms with Gasteiger partial charge in [-0.1, -0.05) is 24.3 Å². The number of nitrogens with one attached hydrogen (secondary N) is 2. The second-order valence-electron chi connectivity index (χ2n) is 6.99. The molecular formula is C20H29N5. The molecule has 1 fully saturated rings. The van der Waals surface area contributed by atoms with E-state index in [1.54, 1.807) is 0 Å². The number of aromatic nitrogens is 2. The van der Waals surface area contributed by atoms with E-state index in [4.69, 9.17) is 4.98 Å². The smallest absolute Gasteiger partial charge is 0.144 e. The van der Waals surface area contributed by atoms with Crippen molar-refractivity contribution >= 4 is 5.82 Å². The maximum absolute atomic E-state index is 4.88. The van der Waals surface area contributed by atoms with E-state index in [9.17, 15) is 0 Å². The summed E-state index contributed by atoms with van der Waals surface area (Å²) >= 11 is 0. The quantitative estimate of drug-likeness (QED) is 0.847. The van der Waals surface area contributed by atoms with E-state index in [0.29, 0.717) is 5.92 Å². The van der Waals surface area contributed by atoms with E-state index in [-0.39, 0.29) is 0 Å². The van der Waals surface area contributed by atoms with Gasteiger partial charge in [0.25, 0.3) is 0 Å². The number of piperidine rings is 1. The van der Waals surface area contributed by atoms with Crippen LogP contribution in [0.3, 0.4) is 0 Å². The highest BCUT2D eigenvalue weighted by atomic mass is 15.1. The Balaban J connectivity index is 1.73. The van der Waals surface area contributed by atoms with Crippen LogP contribution in [-0.4, -0.2) is 42.1 Å². The highest BCUT2D eigenvalue weighted by Gasteiger charge is 2.18. The van der Waals surface area contributed by atoms with Crippen molar-refractivity contribution in [3.05, 3.63) is 53.0 Å². The lowest BCUT2D eigenvalue weighted by atomic mass is 9.96. The summed E-state index contributed by atoms with van der Waals surface area (Å²) in [6.45, 7) is 5.94. The maximum atomic E-state index is 4.88. The number of hydrogen-bond acceptors (Lipinski definition) is 5. The first-order chi connectivity index (χ1) is 12.2. The van der Waals surface area contributed by atoms with E-state index in [0.717, 1.165) is 43.5 Å². The molecule has 0 saturated carbocycles. The van der Waals surface area contributed by atoms with Crippen LogP contribution in [0.5, 0.6) is 0 Å². The first-order valence-electron chi connectivity index (χ1n) is 9.15. The minimum atomic E-state index is 0.490. The average molecular weight is 339 g/mol. The molecule has 3 rings (SSSR count). The van der Waals surface area contributed by atoms with Gasteiger partial charge in [-0.3, -0.25) is 4.90 Å². The predicted molar refractivity (Wildman–Crippen MR) is 103 cm³/mol. The molecule has 1 aliphatic rings. The summed E-state index contributed by atoms with van der Waals surface area (Å²) in [5.41, 5.74) is 3.84. The molecule has 2 N–H and O–H groups in total. The summed E-state index contributed by atoms with van der Waals surface area (Å²) < 4.78 is 0. The largest absolute Gasteiger partial charge is 0.373 e. The Labute approximate surface area is 150 Å². The molecule has 5 heteroatoms. The van der Waals surface area contributed by atoms with E-state index in [2.05, 4.69) is 64.8 Å². The summed E-state index contributed by atoms with van der Waals surface area (Å²) in [6, 6.07) is 10.6. The number of nitrogens with zero attached hydrogens (tertiary/aromatic N) is 3. The molecule has 0 aliphatic carbocycles. The number of aryl methyl sites for hydroxylation is 1. The molecule has 0 spiro atoms. The third-order valence-electron chi connectivity index (χ3n) is 4.88. The topological polar surface area (TPSA) is 53.1 Å². The van der Waals surface area contributed by atoms with Gasteiger partial charge in [-0.15, -0.1) is 0 Å². The van der Waals surface area contributed by atoms with Gasteiger partial charge < -0.3 is 10.6 Å². The normalized spacial score (nSPS) is 17.7. The lowest BCUT2D eigenvalue weighted by Crippen LogP contribution is -2.29. The summed E-state index contributed by atoms with van der Waals surface area (Å²) in [6.07, 6.45) is 2.41. The van der Waals surface area contributed by atoms with Crippen LogP contribution < -0.4 is 10.6 Å². The van der Waals surface area contributed by atoms with E-state index in [1.807, 2.05) is 7.05 Å². The number of rotatable bonds is 6. The molecule has 0 radical (unpaired) electrons. The van der Waals surface area contributed by atoms with Gasteiger partial charge in [-0.25, -0.2) is 9.97 Å². The molecule has 1 aliphatic heterocycles. The van der Waals surface area contributed by atoms with Gasteiger partial charge in [-0.05, 0) is 44.5 Å². The third kappa shape index (κ3) is 4.77. The third-order valence-corrected chi connectivity index (χ3v) is 4.88. The Morgan fingerprint density at radius 3 is 2.80 bits per heavy atom. The van der Waals surface area contributed by atoms with Crippen molar-refractivity contribution in [1.29, 1.82) is 0 Å². The molecule has 1 atom stereocenters. The number of hydrogen-bond donors (Lipinski definition) is 2. The molecule has 0 unspecified atom stereocenters. The summed E-state index contributed by atoms with van der Waals surface area (Å²) in [4.78, 5) is 11.8. The molecule has 2 aromatic rings. The second kappa shape index (κ2) is 8.41. The minimum absolute atomic E-state index is 0.490.